The number of hydrogen-bond acceptors (Lipinski definition) is 3. The lowest BCUT2D eigenvalue weighted by Gasteiger charge is -1.98. The molecule has 1 amide bonds. The molecule has 5 heteroatoms. The van der Waals surface area contributed by atoms with E-state index in [0.29, 0.717) is 5.57 Å². The normalized spacial score (nSPS) is 7.73. The van der Waals surface area contributed by atoms with Crippen molar-refractivity contribution in [1.29, 1.82) is 0 Å². The molecule has 5 N–H and O–H groups in total. The molecule has 0 aliphatic heterocycles. The van der Waals surface area contributed by atoms with E-state index in [0.717, 1.165) is 0 Å². The van der Waals surface area contributed by atoms with Crippen molar-refractivity contribution in [2.24, 2.45) is 0 Å². The topological polar surface area (TPSA) is 101 Å². The molecule has 0 saturated heterocycles. The lowest BCUT2D eigenvalue weighted by atomic mass is 10.3. The van der Waals surface area contributed by atoms with Crippen molar-refractivity contribution in [3.63, 3.8) is 0 Å². The third-order valence-corrected chi connectivity index (χ3v) is 0.788. The molecular formula is C6H12N2O3. The van der Waals surface area contributed by atoms with Gasteiger partial charge in [-0.05, 0) is 6.92 Å². The van der Waals surface area contributed by atoms with Crippen LogP contribution in [0.3, 0.4) is 0 Å². The van der Waals surface area contributed by atoms with Gasteiger partial charge in [0, 0.05) is 5.57 Å². The number of carbonyl (C=O) groups is 2. The molecule has 0 rings (SSSR count). The van der Waals surface area contributed by atoms with Crippen LogP contribution in [0.4, 0.5) is 0 Å². The molecule has 0 aromatic carbocycles. The minimum atomic E-state index is -1.06. The van der Waals surface area contributed by atoms with Crippen molar-refractivity contribution in [3.05, 3.63) is 12.2 Å². The fraction of sp³-hybridized carbons (Fsp3) is 0.333. The van der Waals surface area contributed by atoms with E-state index in [9.17, 15) is 9.59 Å². The van der Waals surface area contributed by atoms with E-state index in [2.05, 4.69) is 11.9 Å². The highest BCUT2D eigenvalue weighted by molar-refractivity contribution is 5.93. The molecule has 0 radical (unpaired) electrons. The van der Waals surface area contributed by atoms with Crippen LogP contribution in [0.2, 0.25) is 0 Å². The van der Waals surface area contributed by atoms with Gasteiger partial charge in [0.1, 0.15) is 6.54 Å². The first-order chi connectivity index (χ1) is 4.54. The minimum Gasteiger partial charge on any atom is -0.480 e. The van der Waals surface area contributed by atoms with Gasteiger partial charge in [0.25, 0.3) is 0 Å². The van der Waals surface area contributed by atoms with Crippen molar-refractivity contribution in [1.82, 2.24) is 11.5 Å². The summed E-state index contributed by atoms with van der Waals surface area (Å²) in [6.07, 6.45) is 0. The van der Waals surface area contributed by atoms with Crippen LogP contribution in [0.15, 0.2) is 12.2 Å². The van der Waals surface area contributed by atoms with Crippen LogP contribution in [-0.4, -0.2) is 23.5 Å². The van der Waals surface area contributed by atoms with Gasteiger partial charge in [-0.1, -0.05) is 6.58 Å². The van der Waals surface area contributed by atoms with Gasteiger partial charge in [0.2, 0.25) is 5.91 Å². The van der Waals surface area contributed by atoms with Crippen LogP contribution >= 0.6 is 0 Å². The van der Waals surface area contributed by atoms with Gasteiger partial charge in [-0.2, -0.15) is 0 Å². The quantitative estimate of drug-likeness (QED) is 0.503. The van der Waals surface area contributed by atoms with E-state index in [1.54, 1.807) is 0 Å². The minimum absolute atomic E-state index is 0. The summed E-state index contributed by atoms with van der Waals surface area (Å²) in [6, 6.07) is 0. The summed E-state index contributed by atoms with van der Waals surface area (Å²) in [6.45, 7) is 4.48. The third kappa shape index (κ3) is 6.53. The van der Waals surface area contributed by atoms with E-state index in [-0.39, 0.29) is 12.7 Å². The van der Waals surface area contributed by atoms with Crippen LogP contribution < -0.4 is 11.5 Å². The van der Waals surface area contributed by atoms with Crippen LogP contribution in [0.5, 0.6) is 0 Å². The smallest absolute Gasteiger partial charge is 0.322 e. The summed E-state index contributed by atoms with van der Waals surface area (Å²) in [7, 11) is 0. The highest BCUT2D eigenvalue weighted by Crippen LogP contribution is 1.83. The number of amides is 1. The predicted octanol–water partition coefficient (Wildman–Crippen LogP) is -0.0747. The molecular weight excluding hydrogens is 148 g/mol. The molecule has 0 aliphatic rings. The van der Waals surface area contributed by atoms with E-state index in [1.165, 1.54) is 6.92 Å². The molecule has 0 unspecified atom stereocenters. The van der Waals surface area contributed by atoms with Gasteiger partial charge in [-0.25, -0.2) is 0 Å². The number of rotatable bonds is 3. The first-order valence-electron chi connectivity index (χ1n) is 2.69. The standard InChI is InChI=1S/C6H9NO3.H3N/c1-4(2)6(10)7-3-5(8)9;/h1,3H2,2H3,(H,7,10)(H,8,9);1H3. The molecule has 0 spiro atoms. The zero-order chi connectivity index (χ0) is 8.15. The number of carbonyl (C=O) groups excluding carboxylic acids is 1. The van der Waals surface area contributed by atoms with Gasteiger partial charge < -0.3 is 16.6 Å². The lowest BCUT2D eigenvalue weighted by molar-refractivity contribution is -0.137. The number of hydrogen-bond donors (Lipinski definition) is 3. The van der Waals surface area contributed by atoms with E-state index < -0.39 is 11.9 Å². The largest absolute Gasteiger partial charge is 0.480 e. The number of aliphatic carboxylic acids is 1. The predicted molar refractivity (Wildman–Crippen MR) is 40.5 cm³/mol. The van der Waals surface area contributed by atoms with Crippen molar-refractivity contribution in [3.8, 4) is 0 Å². The maximum absolute atomic E-state index is 10.6. The second kappa shape index (κ2) is 5.43. The lowest BCUT2D eigenvalue weighted by Crippen LogP contribution is -2.29. The molecule has 0 aromatic heterocycles. The molecule has 0 aromatic rings. The van der Waals surface area contributed by atoms with E-state index in [4.69, 9.17) is 5.11 Å². The Balaban J connectivity index is 0. The van der Waals surface area contributed by atoms with Gasteiger partial charge in [-0.3, -0.25) is 9.59 Å². The van der Waals surface area contributed by atoms with Crippen molar-refractivity contribution >= 4 is 11.9 Å². The molecule has 64 valence electrons. The van der Waals surface area contributed by atoms with Gasteiger partial charge in [0.15, 0.2) is 0 Å². The zero-order valence-corrected chi connectivity index (χ0v) is 6.39. The summed E-state index contributed by atoms with van der Waals surface area (Å²) < 4.78 is 0. The van der Waals surface area contributed by atoms with Crippen molar-refractivity contribution in [2.75, 3.05) is 6.54 Å². The molecule has 11 heavy (non-hydrogen) atoms. The first kappa shape index (κ1) is 12.3. The zero-order valence-electron chi connectivity index (χ0n) is 6.39. The Morgan fingerprint density at radius 2 is 2.00 bits per heavy atom. The monoisotopic (exact) mass is 160 g/mol. The van der Waals surface area contributed by atoms with Crippen molar-refractivity contribution in [2.45, 2.75) is 6.92 Å². The second-order valence-electron chi connectivity index (χ2n) is 1.86. The van der Waals surface area contributed by atoms with Crippen LogP contribution in [-0.2, 0) is 9.59 Å². The second-order valence-corrected chi connectivity index (χ2v) is 1.86. The molecule has 0 heterocycles. The SMILES string of the molecule is C=C(C)C(=O)NCC(=O)O.N. The van der Waals surface area contributed by atoms with E-state index in [1.807, 2.05) is 0 Å². The Morgan fingerprint density at radius 3 is 2.27 bits per heavy atom. The molecule has 0 aliphatic carbocycles. The number of nitrogens with one attached hydrogen (secondary N) is 1. The molecule has 0 saturated carbocycles. The number of carboxylic acid groups (broad SMARTS) is 1. The fourth-order valence-electron chi connectivity index (χ4n) is 0.307. The van der Waals surface area contributed by atoms with Crippen LogP contribution in [0.25, 0.3) is 0 Å². The summed E-state index contributed by atoms with van der Waals surface area (Å²) in [5.74, 6) is -1.49. The Labute approximate surface area is 64.7 Å². The molecule has 0 fully saturated rings. The fourth-order valence-corrected chi connectivity index (χ4v) is 0.307. The Bertz CT molecular complexity index is 177. The molecule has 0 bridgehead atoms. The van der Waals surface area contributed by atoms with Crippen LogP contribution in [0.1, 0.15) is 6.92 Å². The summed E-state index contributed by atoms with van der Waals surface area (Å²) in [5.41, 5.74) is 0.307. The first-order valence-corrected chi connectivity index (χ1v) is 2.69. The van der Waals surface area contributed by atoms with Crippen molar-refractivity contribution < 1.29 is 14.7 Å². The highest BCUT2D eigenvalue weighted by atomic mass is 16.4. The van der Waals surface area contributed by atoms with E-state index >= 15 is 0 Å². The third-order valence-electron chi connectivity index (χ3n) is 0.788. The molecule has 0 atom stereocenters. The van der Waals surface area contributed by atoms with Gasteiger partial charge in [0.05, 0.1) is 0 Å². The maximum atomic E-state index is 10.6. The summed E-state index contributed by atoms with van der Waals surface area (Å²) in [4.78, 5) is 20.5. The average molecular weight is 160 g/mol. The summed E-state index contributed by atoms with van der Waals surface area (Å²) >= 11 is 0. The van der Waals surface area contributed by atoms with Crippen LogP contribution in [0, 0.1) is 0 Å². The summed E-state index contributed by atoms with van der Waals surface area (Å²) in [5, 5.41) is 10.2. The highest BCUT2D eigenvalue weighted by Gasteiger charge is 2.02. The Hall–Kier alpha value is -1.36. The van der Waals surface area contributed by atoms with Gasteiger partial charge in [-0.15, -0.1) is 0 Å². The maximum Gasteiger partial charge on any atom is 0.322 e. The van der Waals surface area contributed by atoms with Gasteiger partial charge >= 0.3 is 5.97 Å². The average Bonchev–Trinajstić information content (AvgIpc) is 1.82. The Kier molecular flexibility index (Phi) is 6.08. The molecule has 5 nitrogen and oxygen atoms in total. The number of carboxylic acids is 1. The Morgan fingerprint density at radius 1 is 1.55 bits per heavy atom.